The van der Waals surface area contributed by atoms with Crippen LogP contribution in [0.1, 0.15) is 38.5 Å². The summed E-state index contributed by atoms with van der Waals surface area (Å²) in [5.74, 6) is -0.761. The molecular weight excluding hydrogens is 270 g/mol. The fourth-order valence-electron chi connectivity index (χ4n) is 3.24. The summed E-state index contributed by atoms with van der Waals surface area (Å²) < 4.78 is 0. The number of urea groups is 1. The van der Waals surface area contributed by atoms with Crippen LogP contribution >= 0.6 is 0 Å². The van der Waals surface area contributed by atoms with Crippen molar-refractivity contribution in [2.24, 2.45) is 5.41 Å². The van der Waals surface area contributed by atoms with Gasteiger partial charge in [-0.2, -0.15) is 0 Å². The molecule has 1 aliphatic heterocycles. The Morgan fingerprint density at radius 1 is 1.05 bits per heavy atom. The van der Waals surface area contributed by atoms with E-state index in [1.165, 1.54) is 0 Å². The maximum Gasteiger partial charge on any atom is 0.317 e. The quantitative estimate of drug-likeness (QED) is 0.772. The molecule has 0 unspecified atom stereocenters. The van der Waals surface area contributed by atoms with Crippen LogP contribution in [0.25, 0.3) is 0 Å². The van der Waals surface area contributed by atoms with E-state index >= 15 is 0 Å². The number of hydrogen-bond acceptors (Lipinski definition) is 3. The Bertz CT molecular complexity index is 370. The van der Waals surface area contributed by atoms with Gasteiger partial charge in [-0.15, -0.1) is 0 Å². The van der Waals surface area contributed by atoms with Gasteiger partial charge in [-0.1, -0.05) is 25.7 Å². The lowest BCUT2D eigenvalue weighted by atomic mass is 9.80. The number of piperazine rings is 1. The Kier molecular flexibility index (Phi) is 5.45. The molecule has 6 heteroatoms. The largest absolute Gasteiger partial charge is 0.481 e. The van der Waals surface area contributed by atoms with Gasteiger partial charge in [0.05, 0.1) is 5.41 Å². The number of nitrogens with zero attached hydrogens (tertiary/aromatic N) is 2. The highest BCUT2D eigenvalue weighted by molar-refractivity contribution is 5.78. The number of carboxylic acid groups (broad SMARTS) is 1. The molecule has 2 amide bonds. The van der Waals surface area contributed by atoms with Gasteiger partial charge in [0.25, 0.3) is 0 Å². The van der Waals surface area contributed by atoms with Crippen LogP contribution in [0.5, 0.6) is 0 Å². The first kappa shape index (κ1) is 16.1. The summed E-state index contributed by atoms with van der Waals surface area (Å²) in [4.78, 5) is 27.9. The van der Waals surface area contributed by atoms with Gasteiger partial charge < -0.3 is 20.2 Å². The van der Waals surface area contributed by atoms with Crippen LogP contribution in [0.4, 0.5) is 4.79 Å². The number of rotatable bonds is 3. The van der Waals surface area contributed by atoms with Crippen molar-refractivity contribution in [3.05, 3.63) is 0 Å². The number of carboxylic acids is 1. The molecule has 21 heavy (non-hydrogen) atoms. The van der Waals surface area contributed by atoms with Crippen molar-refractivity contribution in [3.8, 4) is 0 Å². The van der Waals surface area contributed by atoms with Crippen LogP contribution in [-0.4, -0.2) is 66.7 Å². The Hall–Kier alpha value is -1.30. The van der Waals surface area contributed by atoms with Crippen molar-refractivity contribution in [3.63, 3.8) is 0 Å². The lowest BCUT2D eigenvalue weighted by Crippen LogP contribution is -2.53. The van der Waals surface area contributed by atoms with Gasteiger partial charge in [0, 0.05) is 32.7 Å². The number of amides is 2. The van der Waals surface area contributed by atoms with Gasteiger partial charge in [-0.3, -0.25) is 4.79 Å². The summed E-state index contributed by atoms with van der Waals surface area (Å²) >= 11 is 0. The number of aliphatic carboxylic acids is 1. The molecule has 2 fully saturated rings. The lowest BCUT2D eigenvalue weighted by molar-refractivity contribution is -0.149. The minimum absolute atomic E-state index is 0.118. The summed E-state index contributed by atoms with van der Waals surface area (Å²) in [6.45, 7) is 3.42. The minimum Gasteiger partial charge on any atom is -0.481 e. The Morgan fingerprint density at radius 3 is 2.14 bits per heavy atom. The summed E-state index contributed by atoms with van der Waals surface area (Å²) in [5.41, 5.74) is -0.765. The second-order valence-corrected chi connectivity index (χ2v) is 6.45. The lowest BCUT2D eigenvalue weighted by Gasteiger charge is -2.34. The van der Waals surface area contributed by atoms with Gasteiger partial charge in [-0.25, -0.2) is 4.79 Å². The van der Waals surface area contributed by atoms with E-state index in [0.717, 1.165) is 38.8 Å². The molecule has 0 spiro atoms. The molecule has 1 saturated carbocycles. The molecular formula is C15H27N3O3. The minimum atomic E-state index is -0.765. The average molecular weight is 297 g/mol. The van der Waals surface area contributed by atoms with Gasteiger partial charge in [-0.05, 0) is 19.9 Å². The predicted molar refractivity (Wildman–Crippen MR) is 80.2 cm³/mol. The molecule has 0 atom stereocenters. The first-order chi connectivity index (χ1) is 10.0. The number of likely N-dealkylation sites (N-methyl/N-ethyl adjacent to an activating group) is 1. The van der Waals surface area contributed by atoms with Crippen LogP contribution in [0.15, 0.2) is 0 Å². The van der Waals surface area contributed by atoms with Crippen LogP contribution in [0.2, 0.25) is 0 Å². The standard InChI is InChI=1S/C15H27N3O3/c1-17-8-10-18(11-9-17)14(21)16-12-15(13(19)20)6-4-2-3-5-7-15/h2-12H2,1H3,(H,16,21)(H,19,20). The molecule has 2 aliphatic rings. The van der Waals surface area contributed by atoms with Crippen LogP contribution < -0.4 is 5.32 Å². The van der Waals surface area contributed by atoms with Gasteiger partial charge >= 0.3 is 12.0 Å². The summed E-state index contributed by atoms with van der Waals surface area (Å²) in [6.07, 6.45) is 5.42. The normalized spacial score (nSPS) is 23.4. The number of hydrogen-bond donors (Lipinski definition) is 2. The maximum absolute atomic E-state index is 12.2. The van der Waals surface area contributed by atoms with E-state index in [4.69, 9.17) is 0 Å². The van der Waals surface area contributed by atoms with E-state index < -0.39 is 11.4 Å². The molecule has 2 N–H and O–H groups in total. The predicted octanol–water partition coefficient (Wildman–Crippen LogP) is 1.37. The smallest absolute Gasteiger partial charge is 0.317 e. The summed E-state index contributed by atoms with van der Waals surface area (Å²) in [7, 11) is 2.04. The third-order valence-corrected chi connectivity index (χ3v) is 4.88. The van der Waals surface area contributed by atoms with E-state index in [1.54, 1.807) is 4.90 Å². The molecule has 0 aromatic heterocycles. The Morgan fingerprint density at radius 2 is 1.62 bits per heavy atom. The van der Waals surface area contributed by atoms with Crippen molar-refractivity contribution in [2.45, 2.75) is 38.5 Å². The van der Waals surface area contributed by atoms with Gasteiger partial charge in [0.1, 0.15) is 0 Å². The molecule has 1 aliphatic carbocycles. The van der Waals surface area contributed by atoms with E-state index in [2.05, 4.69) is 10.2 Å². The first-order valence-electron chi connectivity index (χ1n) is 7.98. The first-order valence-corrected chi connectivity index (χ1v) is 7.98. The molecule has 0 aromatic carbocycles. The highest BCUT2D eigenvalue weighted by atomic mass is 16.4. The molecule has 120 valence electrons. The van der Waals surface area contributed by atoms with Crippen molar-refractivity contribution in [1.82, 2.24) is 15.1 Å². The second kappa shape index (κ2) is 7.11. The molecule has 0 radical (unpaired) electrons. The molecule has 1 saturated heterocycles. The van der Waals surface area contributed by atoms with Crippen molar-refractivity contribution in [1.29, 1.82) is 0 Å². The zero-order valence-electron chi connectivity index (χ0n) is 12.9. The SMILES string of the molecule is CN1CCN(C(=O)NCC2(C(=O)O)CCCCCC2)CC1. The Balaban J connectivity index is 1.89. The van der Waals surface area contributed by atoms with Crippen molar-refractivity contribution < 1.29 is 14.7 Å². The van der Waals surface area contributed by atoms with Gasteiger partial charge in [0.15, 0.2) is 0 Å². The van der Waals surface area contributed by atoms with Crippen LogP contribution in [0, 0.1) is 5.41 Å². The fourth-order valence-corrected chi connectivity index (χ4v) is 3.24. The van der Waals surface area contributed by atoms with E-state index in [1.807, 2.05) is 7.05 Å². The van der Waals surface area contributed by atoms with Crippen molar-refractivity contribution >= 4 is 12.0 Å². The fraction of sp³-hybridized carbons (Fsp3) is 0.867. The average Bonchev–Trinajstić information content (AvgIpc) is 2.72. The molecule has 6 nitrogen and oxygen atoms in total. The third kappa shape index (κ3) is 4.09. The van der Waals surface area contributed by atoms with Crippen LogP contribution in [0.3, 0.4) is 0 Å². The molecule has 0 aromatic rings. The number of carbonyl (C=O) groups excluding carboxylic acids is 1. The molecule has 2 rings (SSSR count). The van der Waals surface area contributed by atoms with Crippen LogP contribution in [-0.2, 0) is 4.79 Å². The molecule has 1 heterocycles. The van der Waals surface area contributed by atoms with E-state index in [-0.39, 0.29) is 12.6 Å². The third-order valence-electron chi connectivity index (χ3n) is 4.88. The number of carbonyl (C=O) groups is 2. The summed E-state index contributed by atoms with van der Waals surface area (Å²) in [6, 6.07) is -0.118. The zero-order chi connectivity index (χ0) is 15.3. The highest BCUT2D eigenvalue weighted by Gasteiger charge is 2.39. The zero-order valence-corrected chi connectivity index (χ0v) is 12.9. The van der Waals surface area contributed by atoms with Crippen molar-refractivity contribution in [2.75, 3.05) is 39.8 Å². The summed E-state index contributed by atoms with van der Waals surface area (Å²) in [5, 5.41) is 12.5. The second-order valence-electron chi connectivity index (χ2n) is 6.45. The Labute approximate surface area is 126 Å². The van der Waals surface area contributed by atoms with Gasteiger partial charge in [0.2, 0.25) is 0 Å². The number of nitrogens with one attached hydrogen (secondary N) is 1. The topological polar surface area (TPSA) is 72.9 Å². The molecule has 0 bridgehead atoms. The maximum atomic E-state index is 12.2. The highest BCUT2D eigenvalue weighted by Crippen LogP contribution is 2.34. The monoisotopic (exact) mass is 297 g/mol. The van der Waals surface area contributed by atoms with E-state index in [0.29, 0.717) is 25.9 Å². The van der Waals surface area contributed by atoms with E-state index in [9.17, 15) is 14.7 Å².